The Bertz CT molecular complexity index is 568. The molecule has 0 spiro atoms. The van der Waals surface area contributed by atoms with Crippen LogP contribution in [0.15, 0.2) is 35.1 Å². The number of aryl methyl sites for hydroxylation is 2. The van der Waals surface area contributed by atoms with Crippen molar-refractivity contribution in [2.24, 2.45) is 5.73 Å². The third-order valence-corrected chi connectivity index (χ3v) is 2.84. The molecule has 122 valence electrons. The molecule has 3 N–H and O–H groups in total. The molecular weight excluding hydrogens is 306 g/mol. The molecule has 8 heteroatoms. The lowest BCUT2D eigenvalue weighted by Crippen LogP contribution is -2.24. The van der Waals surface area contributed by atoms with E-state index in [9.17, 15) is 8.76 Å². The van der Waals surface area contributed by atoms with Gasteiger partial charge in [0.1, 0.15) is 18.6 Å². The maximum absolute atomic E-state index is 9.86. The first-order valence-electron chi connectivity index (χ1n) is 6.60. The molecule has 22 heavy (non-hydrogen) atoms. The zero-order valence-electron chi connectivity index (χ0n) is 12.7. The minimum atomic E-state index is -2.35. The highest BCUT2D eigenvalue weighted by molar-refractivity contribution is 7.80. The molecule has 0 bridgehead atoms. The van der Waals surface area contributed by atoms with E-state index in [1.54, 1.807) is 0 Å². The first-order valence-corrected chi connectivity index (χ1v) is 7.67. The minimum Gasteiger partial charge on any atom is -0.755 e. The summed E-state index contributed by atoms with van der Waals surface area (Å²) in [5, 5.41) is 0. The Balaban J connectivity index is 0.000000235. The largest absolute Gasteiger partial charge is 0.755 e. The van der Waals surface area contributed by atoms with Gasteiger partial charge >= 0.3 is 6.01 Å². The highest BCUT2D eigenvalue weighted by Crippen LogP contribution is 2.22. The Morgan fingerprint density at radius 2 is 2.09 bits per heavy atom. The molecule has 2 rings (SSSR count). The van der Waals surface area contributed by atoms with Gasteiger partial charge in [0.2, 0.25) is 0 Å². The first kappa shape index (κ1) is 18.1. The fourth-order valence-corrected chi connectivity index (χ4v) is 1.83. The highest BCUT2D eigenvalue weighted by atomic mass is 32.2. The van der Waals surface area contributed by atoms with Crippen LogP contribution < -0.4 is 15.2 Å². The van der Waals surface area contributed by atoms with Crippen LogP contribution in [0.5, 0.6) is 5.75 Å². The van der Waals surface area contributed by atoms with E-state index in [4.69, 9.17) is 10.5 Å². The molecule has 2 atom stereocenters. The summed E-state index contributed by atoms with van der Waals surface area (Å²) in [7, 11) is 0. The number of nitrogens with one attached hydrogen (secondary N) is 1. The molecular formula is C14H20N3O4S-. The van der Waals surface area contributed by atoms with Crippen molar-refractivity contribution < 1.29 is 17.9 Å². The van der Waals surface area contributed by atoms with Gasteiger partial charge in [-0.1, -0.05) is 18.2 Å². The Hall–Kier alpha value is -1.90. The maximum atomic E-state index is 9.86. The highest BCUT2D eigenvalue weighted by Gasteiger charge is 2.03. The van der Waals surface area contributed by atoms with Gasteiger partial charge in [0.25, 0.3) is 0 Å². The second-order valence-electron chi connectivity index (χ2n) is 4.68. The summed E-state index contributed by atoms with van der Waals surface area (Å²) in [6, 6.07) is 6.18. The van der Waals surface area contributed by atoms with E-state index in [1.165, 1.54) is 23.6 Å². The summed E-state index contributed by atoms with van der Waals surface area (Å²) in [6.45, 7) is 6.60. The van der Waals surface area contributed by atoms with Crippen LogP contribution in [0.4, 0.5) is 6.01 Å². The zero-order chi connectivity index (χ0) is 16.5. The van der Waals surface area contributed by atoms with E-state index in [2.05, 4.69) is 9.40 Å². The summed E-state index contributed by atoms with van der Waals surface area (Å²) in [6.07, 6.45) is 2.62. The van der Waals surface area contributed by atoms with Crippen LogP contribution in [0.25, 0.3) is 0 Å². The van der Waals surface area contributed by atoms with Gasteiger partial charge in [-0.3, -0.25) is 8.93 Å². The van der Waals surface area contributed by atoms with Gasteiger partial charge < -0.3 is 19.4 Å². The van der Waals surface area contributed by atoms with Crippen LogP contribution in [0, 0.1) is 13.8 Å². The fourth-order valence-electron chi connectivity index (χ4n) is 1.59. The summed E-state index contributed by atoms with van der Waals surface area (Å²) < 4.78 is 31.8. The van der Waals surface area contributed by atoms with Crippen molar-refractivity contribution in [2.45, 2.75) is 26.8 Å². The van der Waals surface area contributed by atoms with E-state index >= 15 is 0 Å². The number of para-hydroxylation sites is 1. The predicted molar refractivity (Wildman–Crippen MR) is 84.1 cm³/mol. The molecule has 1 aromatic heterocycles. The van der Waals surface area contributed by atoms with Gasteiger partial charge in [-0.15, -0.1) is 0 Å². The number of nitrogens with two attached hydrogens (primary N) is 1. The average Bonchev–Trinajstić information content (AvgIpc) is 2.90. The second-order valence-corrected chi connectivity index (χ2v) is 5.36. The standard InChI is InChI=1S/C11H17NO.C3H4N2O3S/c1-8-5-4-6-9(2)11(8)13-7-10(3)12;6-9(7)5-3-4-1-2-8-3/h4-6,10H,7,12H2,1-3H3;1-2H,(H,4,5)(H,6,7)/p-1. The van der Waals surface area contributed by atoms with Crippen molar-refractivity contribution in [3.05, 3.63) is 41.8 Å². The first-order chi connectivity index (χ1) is 10.4. The van der Waals surface area contributed by atoms with Gasteiger partial charge in [0.15, 0.2) is 0 Å². The normalized spacial score (nSPS) is 12.8. The minimum absolute atomic E-state index is 0.0247. The molecule has 1 aromatic carbocycles. The zero-order valence-corrected chi connectivity index (χ0v) is 13.6. The molecule has 2 aromatic rings. The molecule has 0 aliphatic carbocycles. The molecule has 0 aliphatic heterocycles. The van der Waals surface area contributed by atoms with Gasteiger partial charge in [-0.05, 0) is 31.9 Å². The number of nitrogens with zero attached hydrogens (tertiary/aromatic N) is 1. The van der Waals surface area contributed by atoms with Gasteiger partial charge in [0, 0.05) is 17.3 Å². The smallest absolute Gasteiger partial charge is 0.305 e. The van der Waals surface area contributed by atoms with Gasteiger partial charge in [0.05, 0.1) is 6.20 Å². The topological polar surface area (TPSA) is 113 Å². The quantitative estimate of drug-likeness (QED) is 0.811. The molecule has 0 saturated heterocycles. The van der Waals surface area contributed by atoms with Gasteiger partial charge in [-0.25, -0.2) is 4.98 Å². The van der Waals surface area contributed by atoms with Crippen molar-refractivity contribution in [1.82, 2.24) is 4.98 Å². The van der Waals surface area contributed by atoms with Crippen molar-refractivity contribution >= 4 is 17.3 Å². The summed E-state index contributed by atoms with van der Waals surface area (Å²) in [5.74, 6) is 0.972. The molecule has 1 heterocycles. The third kappa shape index (κ3) is 6.70. The number of benzene rings is 1. The van der Waals surface area contributed by atoms with E-state index < -0.39 is 11.3 Å². The van der Waals surface area contributed by atoms with Crippen LogP contribution in [0.2, 0.25) is 0 Å². The Morgan fingerprint density at radius 1 is 1.45 bits per heavy atom. The van der Waals surface area contributed by atoms with E-state index in [0.29, 0.717) is 6.61 Å². The predicted octanol–water partition coefficient (Wildman–Crippen LogP) is 1.91. The molecule has 0 saturated carbocycles. The molecule has 7 nitrogen and oxygen atoms in total. The molecule has 0 radical (unpaired) electrons. The summed E-state index contributed by atoms with van der Waals surface area (Å²) >= 11 is -2.35. The number of oxazole rings is 1. The second kappa shape index (κ2) is 9.19. The molecule has 2 unspecified atom stereocenters. The molecule has 0 aliphatic rings. The van der Waals surface area contributed by atoms with Crippen molar-refractivity contribution in [3.8, 4) is 5.75 Å². The van der Waals surface area contributed by atoms with Crippen molar-refractivity contribution in [1.29, 1.82) is 0 Å². The van der Waals surface area contributed by atoms with Crippen LogP contribution in [0.3, 0.4) is 0 Å². The number of ether oxygens (including phenoxy) is 1. The van der Waals surface area contributed by atoms with E-state index in [0.717, 1.165) is 5.75 Å². The van der Waals surface area contributed by atoms with E-state index in [1.807, 2.05) is 43.7 Å². The monoisotopic (exact) mass is 326 g/mol. The lowest BCUT2D eigenvalue weighted by atomic mass is 10.1. The number of anilines is 1. The molecule has 0 amide bonds. The lowest BCUT2D eigenvalue weighted by Gasteiger charge is -2.13. The van der Waals surface area contributed by atoms with Crippen molar-refractivity contribution in [3.63, 3.8) is 0 Å². The van der Waals surface area contributed by atoms with Crippen LogP contribution in [0.1, 0.15) is 18.1 Å². The molecule has 0 fully saturated rings. The maximum Gasteiger partial charge on any atom is 0.305 e. The van der Waals surface area contributed by atoms with Crippen LogP contribution >= 0.6 is 0 Å². The van der Waals surface area contributed by atoms with Crippen molar-refractivity contribution in [2.75, 3.05) is 11.3 Å². The van der Waals surface area contributed by atoms with Crippen LogP contribution in [-0.4, -0.2) is 26.4 Å². The summed E-state index contributed by atoms with van der Waals surface area (Å²) in [5.41, 5.74) is 7.95. The summed E-state index contributed by atoms with van der Waals surface area (Å²) in [4.78, 5) is 3.49. The fraction of sp³-hybridized carbons (Fsp3) is 0.357. The number of aromatic nitrogens is 1. The number of hydrogen-bond acceptors (Lipinski definition) is 6. The average molecular weight is 326 g/mol. The van der Waals surface area contributed by atoms with Gasteiger partial charge in [-0.2, -0.15) is 0 Å². The lowest BCUT2D eigenvalue weighted by molar-refractivity contribution is 0.292. The number of hydrogen-bond donors (Lipinski definition) is 2. The third-order valence-electron chi connectivity index (χ3n) is 2.50. The van der Waals surface area contributed by atoms with E-state index in [-0.39, 0.29) is 12.1 Å². The van der Waals surface area contributed by atoms with Crippen LogP contribution in [-0.2, 0) is 11.3 Å². The SMILES string of the molecule is Cc1cccc(C)c1OCC(C)N.O=S([O-])Nc1ncco1. The Kier molecular flexibility index (Phi) is 7.58. The Labute approximate surface area is 132 Å². The number of rotatable bonds is 5. The Morgan fingerprint density at radius 3 is 2.55 bits per heavy atom.